The Morgan fingerprint density at radius 2 is 1.76 bits per heavy atom. The van der Waals surface area contributed by atoms with Crippen LogP contribution in [-0.4, -0.2) is 34.7 Å². The molecule has 0 aliphatic heterocycles. The van der Waals surface area contributed by atoms with E-state index in [0.29, 0.717) is 29.7 Å². The van der Waals surface area contributed by atoms with Crippen LogP contribution in [0.4, 0.5) is 0 Å². The summed E-state index contributed by atoms with van der Waals surface area (Å²) in [5.41, 5.74) is 2.68. The molecule has 1 amide bonds. The van der Waals surface area contributed by atoms with Gasteiger partial charge in [0.1, 0.15) is 5.75 Å². The second kappa shape index (κ2) is 8.47. The van der Waals surface area contributed by atoms with Crippen LogP contribution in [0.15, 0.2) is 52.9 Å². The smallest absolute Gasteiger partial charge is 0.257 e. The van der Waals surface area contributed by atoms with Crippen LogP contribution in [0.5, 0.6) is 5.75 Å². The zero-order chi connectivity index (χ0) is 21.0. The molecule has 0 saturated carbocycles. The van der Waals surface area contributed by atoms with Crippen LogP contribution in [0.2, 0.25) is 0 Å². The van der Waals surface area contributed by atoms with E-state index in [1.807, 2.05) is 31.2 Å². The highest BCUT2D eigenvalue weighted by atomic mass is 16.5. The number of para-hydroxylation sites is 1. The molecule has 0 saturated heterocycles. The van der Waals surface area contributed by atoms with Gasteiger partial charge in [0.15, 0.2) is 0 Å². The first kappa shape index (κ1) is 20.6. The molecule has 3 rings (SSSR count). The summed E-state index contributed by atoms with van der Waals surface area (Å²) >= 11 is 0. The Morgan fingerprint density at radius 3 is 2.41 bits per heavy atom. The van der Waals surface area contributed by atoms with Crippen molar-refractivity contribution in [1.82, 2.24) is 15.1 Å². The van der Waals surface area contributed by atoms with Gasteiger partial charge in [0.2, 0.25) is 11.8 Å². The van der Waals surface area contributed by atoms with Crippen molar-refractivity contribution in [2.24, 2.45) is 0 Å². The van der Waals surface area contributed by atoms with Gasteiger partial charge in [-0.15, -0.1) is 10.2 Å². The SMILES string of the molecule is CCOc1ccccc1C(=O)N(C)Cc1nnc(-c2ccc(C(C)(C)C)cc2)o1. The highest BCUT2D eigenvalue weighted by molar-refractivity contribution is 5.96. The minimum Gasteiger partial charge on any atom is -0.493 e. The van der Waals surface area contributed by atoms with E-state index in [4.69, 9.17) is 9.15 Å². The Hall–Kier alpha value is -3.15. The molecule has 0 bridgehead atoms. The van der Waals surface area contributed by atoms with Crippen LogP contribution in [-0.2, 0) is 12.0 Å². The van der Waals surface area contributed by atoms with Crippen molar-refractivity contribution in [2.75, 3.05) is 13.7 Å². The van der Waals surface area contributed by atoms with Crippen molar-refractivity contribution in [1.29, 1.82) is 0 Å². The third-order valence-electron chi connectivity index (χ3n) is 4.60. The molecule has 0 aliphatic carbocycles. The van der Waals surface area contributed by atoms with Crippen molar-refractivity contribution < 1.29 is 13.9 Å². The second-order valence-electron chi connectivity index (χ2n) is 7.92. The van der Waals surface area contributed by atoms with Crippen molar-refractivity contribution in [2.45, 2.75) is 39.7 Å². The van der Waals surface area contributed by atoms with Crippen LogP contribution in [0.25, 0.3) is 11.5 Å². The minimum atomic E-state index is -0.164. The predicted octanol–water partition coefficient (Wildman–Crippen LogP) is 4.71. The van der Waals surface area contributed by atoms with E-state index < -0.39 is 0 Å². The fourth-order valence-electron chi connectivity index (χ4n) is 2.95. The predicted molar refractivity (Wildman–Crippen MR) is 112 cm³/mol. The van der Waals surface area contributed by atoms with Gasteiger partial charge >= 0.3 is 0 Å². The van der Waals surface area contributed by atoms with Gasteiger partial charge < -0.3 is 14.1 Å². The van der Waals surface area contributed by atoms with Crippen LogP contribution >= 0.6 is 0 Å². The molecule has 152 valence electrons. The van der Waals surface area contributed by atoms with E-state index in [1.165, 1.54) is 10.5 Å². The molecule has 0 atom stereocenters. The van der Waals surface area contributed by atoms with E-state index in [0.717, 1.165) is 5.56 Å². The summed E-state index contributed by atoms with van der Waals surface area (Å²) < 4.78 is 11.3. The fourth-order valence-corrected chi connectivity index (χ4v) is 2.95. The largest absolute Gasteiger partial charge is 0.493 e. The zero-order valence-electron chi connectivity index (χ0n) is 17.6. The number of carbonyl (C=O) groups is 1. The van der Waals surface area contributed by atoms with Gasteiger partial charge in [-0.1, -0.05) is 45.0 Å². The maximum absolute atomic E-state index is 12.8. The fraction of sp³-hybridized carbons (Fsp3) is 0.348. The van der Waals surface area contributed by atoms with E-state index in [9.17, 15) is 4.79 Å². The van der Waals surface area contributed by atoms with Gasteiger partial charge in [0, 0.05) is 12.6 Å². The van der Waals surface area contributed by atoms with Crippen molar-refractivity contribution >= 4 is 5.91 Å². The summed E-state index contributed by atoms with van der Waals surface area (Å²) in [4.78, 5) is 14.3. The van der Waals surface area contributed by atoms with Crippen LogP contribution < -0.4 is 4.74 Å². The standard InChI is InChI=1S/C23H27N3O3/c1-6-28-19-10-8-7-9-18(19)22(27)26(5)15-20-24-25-21(29-20)16-11-13-17(14-12-16)23(2,3)4/h7-14H,6,15H2,1-5H3. The van der Waals surface area contributed by atoms with Crippen molar-refractivity contribution in [3.8, 4) is 17.2 Å². The summed E-state index contributed by atoms with van der Waals surface area (Å²) in [7, 11) is 1.70. The van der Waals surface area contributed by atoms with E-state index in [-0.39, 0.29) is 17.9 Å². The van der Waals surface area contributed by atoms with Gasteiger partial charge in [0.25, 0.3) is 5.91 Å². The first-order valence-corrected chi connectivity index (χ1v) is 9.70. The molecule has 2 aromatic carbocycles. The number of carbonyl (C=O) groups excluding carboxylic acids is 1. The Labute approximate surface area is 171 Å². The zero-order valence-corrected chi connectivity index (χ0v) is 17.6. The number of nitrogens with zero attached hydrogens (tertiary/aromatic N) is 3. The third-order valence-corrected chi connectivity index (χ3v) is 4.60. The van der Waals surface area contributed by atoms with Gasteiger partial charge in [0.05, 0.1) is 18.7 Å². The Kier molecular flexibility index (Phi) is 6.01. The second-order valence-corrected chi connectivity index (χ2v) is 7.92. The normalized spacial score (nSPS) is 11.3. The monoisotopic (exact) mass is 393 g/mol. The first-order valence-electron chi connectivity index (χ1n) is 9.70. The molecule has 0 aliphatic rings. The summed E-state index contributed by atoms with van der Waals surface area (Å²) in [6.45, 7) is 9.11. The quantitative estimate of drug-likeness (QED) is 0.607. The molecule has 3 aromatic rings. The molecule has 0 fully saturated rings. The Balaban J connectivity index is 1.72. The Morgan fingerprint density at radius 1 is 1.07 bits per heavy atom. The number of aromatic nitrogens is 2. The lowest BCUT2D eigenvalue weighted by Crippen LogP contribution is -2.26. The molecule has 1 heterocycles. The number of hydrogen-bond donors (Lipinski definition) is 0. The number of rotatable bonds is 6. The molecule has 0 spiro atoms. The van der Waals surface area contributed by atoms with Gasteiger partial charge in [-0.3, -0.25) is 4.79 Å². The Bertz CT molecular complexity index is 972. The molecule has 0 radical (unpaired) electrons. The minimum absolute atomic E-state index is 0.0827. The lowest BCUT2D eigenvalue weighted by Gasteiger charge is -2.18. The van der Waals surface area contributed by atoms with E-state index in [2.05, 4.69) is 43.1 Å². The average molecular weight is 393 g/mol. The first-order chi connectivity index (χ1) is 13.8. The topological polar surface area (TPSA) is 68.5 Å². The lowest BCUT2D eigenvalue weighted by molar-refractivity contribution is 0.0769. The molecule has 0 unspecified atom stereocenters. The maximum Gasteiger partial charge on any atom is 0.257 e. The molecule has 6 nitrogen and oxygen atoms in total. The maximum atomic E-state index is 12.8. The summed E-state index contributed by atoms with van der Waals surface area (Å²) in [6.07, 6.45) is 0. The molecular formula is C23H27N3O3. The number of ether oxygens (including phenoxy) is 1. The highest BCUT2D eigenvalue weighted by Gasteiger charge is 2.19. The summed E-state index contributed by atoms with van der Waals surface area (Å²) in [6, 6.07) is 15.3. The highest BCUT2D eigenvalue weighted by Crippen LogP contribution is 2.26. The van der Waals surface area contributed by atoms with Crippen LogP contribution in [0, 0.1) is 0 Å². The summed E-state index contributed by atoms with van der Waals surface area (Å²) in [5, 5.41) is 8.23. The third kappa shape index (κ3) is 4.83. The average Bonchev–Trinajstić information content (AvgIpc) is 3.16. The summed E-state index contributed by atoms with van der Waals surface area (Å²) in [5.74, 6) is 1.22. The van der Waals surface area contributed by atoms with Crippen molar-refractivity contribution in [3.63, 3.8) is 0 Å². The van der Waals surface area contributed by atoms with E-state index >= 15 is 0 Å². The van der Waals surface area contributed by atoms with Gasteiger partial charge in [-0.05, 0) is 42.2 Å². The van der Waals surface area contributed by atoms with Crippen LogP contribution in [0.3, 0.4) is 0 Å². The molecule has 0 N–H and O–H groups in total. The molecule has 29 heavy (non-hydrogen) atoms. The number of benzene rings is 2. The van der Waals surface area contributed by atoms with Crippen molar-refractivity contribution in [3.05, 3.63) is 65.5 Å². The van der Waals surface area contributed by atoms with Gasteiger partial charge in [-0.25, -0.2) is 0 Å². The lowest BCUT2D eigenvalue weighted by atomic mass is 9.87. The molecule has 1 aromatic heterocycles. The van der Waals surface area contributed by atoms with E-state index in [1.54, 1.807) is 19.2 Å². The van der Waals surface area contributed by atoms with Gasteiger partial charge in [-0.2, -0.15) is 0 Å². The number of hydrogen-bond acceptors (Lipinski definition) is 5. The molecule has 6 heteroatoms. The molecular weight excluding hydrogens is 366 g/mol. The van der Waals surface area contributed by atoms with Crippen LogP contribution in [0.1, 0.15) is 49.5 Å². The number of amides is 1.